The molecule has 0 saturated carbocycles. The minimum absolute atomic E-state index is 0.0576. The molecule has 5 atom stereocenters. The van der Waals surface area contributed by atoms with E-state index in [9.17, 15) is 24.3 Å². The number of thioether (sulfide) groups is 1. The van der Waals surface area contributed by atoms with Gasteiger partial charge >= 0.3 is 0 Å². The van der Waals surface area contributed by atoms with Gasteiger partial charge in [0.25, 0.3) is 0 Å². The van der Waals surface area contributed by atoms with Crippen molar-refractivity contribution < 1.29 is 29.4 Å². The molecule has 4 amide bonds. The van der Waals surface area contributed by atoms with Crippen molar-refractivity contribution in [1.82, 2.24) is 26.6 Å². The number of benzene rings is 3. The first kappa shape index (κ1) is 36.6. The highest BCUT2D eigenvalue weighted by Gasteiger charge is 2.49. The van der Waals surface area contributed by atoms with Gasteiger partial charge in [0.15, 0.2) is 0 Å². The maximum atomic E-state index is 13.9. The van der Waals surface area contributed by atoms with Crippen LogP contribution in [-0.2, 0) is 38.6 Å². The van der Waals surface area contributed by atoms with Crippen molar-refractivity contribution in [1.29, 1.82) is 0 Å². The molecule has 0 bridgehead atoms. The third-order valence-corrected chi connectivity index (χ3v) is 9.56. The Morgan fingerprint density at radius 1 is 0.812 bits per heavy atom. The van der Waals surface area contributed by atoms with Crippen molar-refractivity contribution in [2.24, 2.45) is 0 Å². The Bertz CT molecular complexity index is 1490. The van der Waals surface area contributed by atoms with Crippen molar-refractivity contribution in [3.05, 3.63) is 108 Å². The Kier molecular flexibility index (Phi) is 13.6. The predicted molar refractivity (Wildman–Crippen MR) is 186 cm³/mol. The number of hydrogen-bond acceptors (Lipinski definition) is 8. The van der Waals surface area contributed by atoms with Crippen LogP contribution in [0.1, 0.15) is 37.0 Å². The van der Waals surface area contributed by atoms with Gasteiger partial charge in [-0.05, 0) is 37.0 Å². The average molecular weight is 676 g/mol. The number of hydrogen-bond donors (Lipinski definition) is 7. The maximum absolute atomic E-state index is 13.9. The van der Waals surface area contributed by atoms with E-state index in [1.165, 1.54) is 11.8 Å². The molecule has 1 heterocycles. The second kappa shape index (κ2) is 17.8. The molecule has 1 aliphatic rings. The monoisotopic (exact) mass is 675 g/mol. The summed E-state index contributed by atoms with van der Waals surface area (Å²) in [6.45, 7) is 3.85. The molecule has 1 aliphatic heterocycles. The van der Waals surface area contributed by atoms with Crippen molar-refractivity contribution in [3.63, 3.8) is 0 Å². The quantitative estimate of drug-likeness (QED) is 0.120. The van der Waals surface area contributed by atoms with Crippen LogP contribution in [0.4, 0.5) is 0 Å². The first-order valence-corrected chi connectivity index (χ1v) is 16.9. The van der Waals surface area contributed by atoms with Crippen LogP contribution in [-0.4, -0.2) is 81.3 Å². The average Bonchev–Trinajstić information content (AvgIpc) is 3.40. The summed E-state index contributed by atoms with van der Waals surface area (Å²) in [6, 6.07) is 25.4. The predicted octanol–water partition coefficient (Wildman–Crippen LogP) is 1.43. The lowest BCUT2D eigenvalue weighted by Gasteiger charge is -2.29. The van der Waals surface area contributed by atoms with E-state index in [0.29, 0.717) is 0 Å². The van der Waals surface area contributed by atoms with Crippen LogP contribution in [0.25, 0.3) is 0 Å². The van der Waals surface area contributed by atoms with Crippen LogP contribution >= 0.6 is 11.8 Å². The summed E-state index contributed by atoms with van der Waals surface area (Å²) in [5.74, 6) is -1.59. The van der Waals surface area contributed by atoms with Gasteiger partial charge < -0.3 is 31.5 Å². The second-order valence-corrected chi connectivity index (χ2v) is 14.1. The largest absolute Gasteiger partial charge is 0.395 e. The third kappa shape index (κ3) is 10.9. The zero-order valence-corrected chi connectivity index (χ0v) is 28.0. The lowest BCUT2D eigenvalue weighted by atomic mass is 9.96. The molecule has 12 heteroatoms. The Hall–Kier alpha value is -4.23. The van der Waals surface area contributed by atoms with Crippen molar-refractivity contribution in [3.8, 4) is 0 Å². The third-order valence-electron chi connectivity index (χ3n) is 8.06. The van der Waals surface area contributed by atoms with Crippen molar-refractivity contribution >= 4 is 35.4 Å². The first-order valence-electron chi connectivity index (χ1n) is 16.0. The van der Waals surface area contributed by atoms with E-state index in [0.717, 1.165) is 16.7 Å². The van der Waals surface area contributed by atoms with Crippen LogP contribution in [0.2, 0.25) is 0 Å². The lowest BCUT2D eigenvalue weighted by Crippen LogP contribution is -2.59. The number of amides is 4. The molecule has 3 aromatic carbocycles. The van der Waals surface area contributed by atoms with E-state index in [2.05, 4.69) is 26.6 Å². The topological polar surface area (TPSA) is 169 Å². The second-order valence-electron chi connectivity index (χ2n) is 12.3. The van der Waals surface area contributed by atoms with Crippen molar-refractivity contribution in [2.45, 2.75) is 74.0 Å². The van der Waals surface area contributed by atoms with Crippen LogP contribution in [0.3, 0.4) is 0 Å². The maximum Gasteiger partial charge on any atom is 0.245 e. The van der Waals surface area contributed by atoms with E-state index < -0.39 is 52.1 Å². The molecule has 0 spiro atoms. The summed E-state index contributed by atoms with van der Waals surface area (Å²) in [5.41, 5.74) is 2.56. The molecule has 1 fully saturated rings. The number of aliphatic hydroxyl groups excluding tert-OH is 2. The standard InChI is InChI=1S/C36H45N5O6S/c1-36(2)32(34(47)39-27(20-24-12-6-3-7-13-24)28(43)22-29(44)37-18-19-42)41-35(48-36)31(33(46)38-23-26-16-10-5-11-17-26)40-30(45)21-25-14-8-4-9-15-25/h3-17,27-28,31-32,35,41-43H,18-23H2,1-2H3,(H,37,44)(H,38,46)(H,39,47)(H,40,45)/t27-,28-,31-,32+,35-/m1/s1. The van der Waals surface area contributed by atoms with Gasteiger partial charge in [0.1, 0.15) is 12.1 Å². The summed E-state index contributed by atoms with van der Waals surface area (Å²) in [4.78, 5) is 53.1. The van der Waals surface area contributed by atoms with Crippen LogP contribution in [0, 0.1) is 0 Å². The molecule has 256 valence electrons. The van der Waals surface area contributed by atoms with Crippen LogP contribution in [0.15, 0.2) is 91.0 Å². The fraction of sp³-hybridized carbons (Fsp3) is 0.389. The SMILES string of the molecule is CC1(C)S[C@H]([C@H](NC(=O)Cc2ccccc2)C(=O)NCc2ccccc2)N[C@H]1C(=O)N[C@H](Cc1ccccc1)[C@H](O)CC(=O)NCCO. The molecular formula is C36H45N5O6S. The number of carbonyl (C=O) groups excluding carboxylic acids is 4. The molecule has 4 rings (SSSR count). The van der Waals surface area contributed by atoms with Crippen LogP contribution in [0.5, 0.6) is 0 Å². The molecule has 0 aliphatic carbocycles. The number of carbonyl (C=O) groups is 4. The molecule has 3 aromatic rings. The van der Waals surface area contributed by atoms with E-state index >= 15 is 0 Å². The fourth-order valence-corrected chi connectivity index (χ4v) is 7.04. The first-order chi connectivity index (χ1) is 23.1. The van der Waals surface area contributed by atoms with Gasteiger partial charge in [0, 0.05) is 17.8 Å². The summed E-state index contributed by atoms with van der Waals surface area (Å²) >= 11 is 1.37. The molecule has 48 heavy (non-hydrogen) atoms. The van der Waals surface area contributed by atoms with Gasteiger partial charge in [0.05, 0.1) is 37.0 Å². The molecule has 11 nitrogen and oxygen atoms in total. The zero-order chi connectivity index (χ0) is 34.5. The summed E-state index contributed by atoms with van der Waals surface area (Å²) < 4.78 is -0.725. The van der Waals surface area contributed by atoms with Crippen LogP contribution < -0.4 is 26.6 Å². The van der Waals surface area contributed by atoms with Gasteiger partial charge in [-0.3, -0.25) is 24.5 Å². The van der Waals surface area contributed by atoms with E-state index in [-0.39, 0.29) is 44.9 Å². The smallest absolute Gasteiger partial charge is 0.245 e. The minimum Gasteiger partial charge on any atom is -0.395 e. The number of aliphatic hydroxyl groups is 2. The highest BCUT2D eigenvalue weighted by Crippen LogP contribution is 2.39. The van der Waals surface area contributed by atoms with E-state index in [1.807, 2.05) is 105 Å². The number of rotatable bonds is 16. The normalized spacial score (nSPS) is 18.6. The molecule has 1 saturated heterocycles. The molecule has 0 unspecified atom stereocenters. The minimum atomic E-state index is -1.21. The van der Waals surface area contributed by atoms with Gasteiger partial charge in [-0.1, -0.05) is 91.0 Å². The lowest BCUT2D eigenvalue weighted by molar-refractivity contribution is -0.129. The fourth-order valence-electron chi connectivity index (χ4n) is 5.55. The van der Waals surface area contributed by atoms with E-state index in [1.54, 1.807) is 0 Å². The summed E-state index contributed by atoms with van der Waals surface area (Å²) in [5, 5.41) is 34.1. The Morgan fingerprint density at radius 3 is 2.00 bits per heavy atom. The van der Waals surface area contributed by atoms with Gasteiger partial charge in [-0.15, -0.1) is 11.8 Å². The molecule has 0 radical (unpaired) electrons. The van der Waals surface area contributed by atoms with Gasteiger partial charge in [-0.2, -0.15) is 0 Å². The Morgan fingerprint density at radius 2 is 1.40 bits per heavy atom. The van der Waals surface area contributed by atoms with Gasteiger partial charge in [0.2, 0.25) is 23.6 Å². The number of nitrogens with one attached hydrogen (secondary N) is 5. The van der Waals surface area contributed by atoms with E-state index in [4.69, 9.17) is 5.11 Å². The molecule has 7 N–H and O–H groups in total. The Labute approximate surface area is 285 Å². The van der Waals surface area contributed by atoms with Gasteiger partial charge in [-0.25, -0.2) is 0 Å². The highest BCUT2D eigenvalue weighted by molar-refractivity contribution is 8.01. The highest BCUT2D eigenvalue weighted by atomic mass is 32.2. The molecule has 0 aromatic heterocycles. The molecular weight excluding hydrogens is 630 g/mol. The Balaban J connectivity index is 1.50. The summed E-state index contributed by atoms with van der Waals surface area (Å²) in [7, 11) is 0. The summed E-state index contributed by atoms with van der Waals surface area (Å²) in [6.07, 6.45) is -1.13. The zero-order valence-electron chi connectivity index (χ0n) is 27.2. The van der Waals surface area contributed by atoms with Crippen molar-refractivity contribution in [2.75, 3.05) is 13.2 Å².